The van der Waals surface area contributed by atoms with Crippen molar-refractivity contribution in [1.82, 2.24) is 9.80 Å². The third kappa shape index (κ3) is 3.44. The van der Waals surface area contributed by atoms with Crippen LogP contribution in [0.5, 0.6) is 0 Å². The molecule has 0 aromatic rings. The molecule has 3 atom stereocenters. The van der Waals surface area contributed by atoms with Crippen LogP contribution in [0.3, 0.4) is 0 Å². The van der Waals surface area contributed by atoms with Gasteiger partial charge in [-0.3, -0.25) is 9.80 Å². The number of piperazine rings is 1. The van der Waals surface area contributed by atoms with E-state index in [0.29, 0.717) is 18.1 Å². The molecule has 0 bridgehead atoms. The van der Waals surface area contributed by atoms with E-state index in [1.165, 1.54) is 32.4 Å². The third-order valence-corrected chi connectivity index (χ3v) is 4.07. The lowest BCUT2D eigenvalue weighted by molar-refractivity contribution is 0.0329. The number of hydrogen-bond acceptors (Lipinski definition) is 3. The molecule has 3 unspecified atom stereocenters. The Morgan fingerprint density at radius 2 is 1.81 bits per heavy atom. The summed E-state index contributed by atoms with van der Waals surface area (Å²) in [4.78, 5) is 5.08. The van der Waals surface area contributed by atoms with Gasteiger partial charge in [-0.15, -0.1) is 0 Å². The zero-order chi connectivity index (χ0) is 12.1. The molecule has 0 aliphatic carbocycles. The molecule has 0 radical (unpaired) electrons. The molecule has 2 N–H and O–H groups in total. The highest BCUT2D eigenvalue weighted by atomic mass is 15.3. The lowest BCUT2D eigenvalue weighted by Crippen LogP contribution is -2.58. The van der Waals surface area contributed by atoms with Gasteiger partial charge >= 0.3 is 0 Å². The second-order valence-electron chi connectivity index (χ2n) is 5.35. The number of hydrogen-bond donors (Lipinski definition) is 1. The molecule has 1 heterocycles. The number of nitrogens with zero attached hydrogens (tertiary/aromatic N) is 2. The predicted molar refractivity (Wildman–Crippen MR) is 70.6 cm³/mol. The van der Waals surface area contributed by atoms with Crippen LogP contribution in [-0.4, -0.2) is 54.6 Å². The number of unbranched alkanes of at least 4 members (excludes halogenated alkanes) is 1. The lowest BCUT2D eigenvalue weighted by atomic mass is 10.0. The van der Waals surface area contributed by atoms with Crippen molar-refractivity contribution in [3.05, 3.63) is 0 Å². The summed E-state index contributed by atoms with van der Waals surface area (Å²) in [5, 5.41) is 0. The van der Waals surface area contributed by atoms with Crippen molar-refractivity contribution in [1.29, 1.82) is 0 Å². The Morgan fingerprint density at radius 1 is 1.25 bits per heavy atom. The standard InChI is InChI=1S/C13H29N3/c1-5-6-7-13(8-14)16-9-11(2)15(4)12(3)10-16/h11-13H,5-10,14H2,1-4H3. The van der Waals surface area contributed by atoms with Crippen molar-refractivity contribution < 1.29 is 0 Å². The maximum Gasteiger partial charge on any atom is 0.0219 e. The molecule has 1 rings (SSSR count). The molecular weight excluding hydrogens is 198 g/mol. The van der Waals surface area contributed by atoms with Gasteiger partial charge in [-0.05, 0) is 27.3 Å². The van der Waals surface area contributed by atoms with Crippen LogP contribution in [0.2, 0.25) is 0 Å². The summed E-state index contributed by atoms with van der Waals surface area (Å²) in [6, 6.07) is 1.90. The Bertz CT molecular complexity index is 184. The third-order valence-electron chi connectivity index (χ3n) is 4.07. The molecule has 0 spiro atoms. The minimum atomic E-state index is 0.596. The molecule has 3 nitrogen and oxygen atoms in total. The van der Waals surface area contributed by atoms with E-state index in [4.69, 9.17) is 5.73 Å². The Morgan fingerprint density at radius 3 is 2.25 bits per heavy atom. The van der Waals surface area contributed by atoms with Crippen molar-refractivity contribution in [2.45, 2.75) is 58.2 Å². The molecule has 0 aromatic carbocycles. The lowest BCUT2D eigenvalue weighted by Gasteiger charge is -2.45. The normalized spacial score (nSPS) is 30.6. The minimum absolute atomic E-state index is 0.596. The first-order valence-electron chi connectivity index (χ1n) is 6.76. The van der Waals surface area contributed by atoms with Gasteiger partial charge in [0.2, 0.25) is 0 Å². The zero-order valence-electron chi connectivity index (χ0n) is 11.4. The van der Waals surface area contributed by atoms with E-state index in [-0.39, 0.29) is 0 Å². The molecule has 1 aliphatic heterocycles. The summed E-state index contributed by atoms with van der Waals surface area (Å²) < 4.78 is 0. The fourth-order valence-electron chi connectivity index (χ4n) is 2.63. The Balaban J connectivity index is 2.51. The van der Waals surface area contributed by atoms with Crippen LogP contribution in [0.4, 0.5) is 0 Å². The van der Waals surface area contributed by atoms with Crippen molar-refractivity contribution in [3.8, 4) is 0 Å². The van der Waals surface area contributed by atoms with Gasteiger partial charge in [0.25, 0.3) is 0 Å². The molecular formula is C13H29N3. The average molecular weight is 227 g/mol. The minimum Gasteiger partial charge on any atom is -0.329 e. The van der Waals surface area contributed by atoms with Gasteiger partial charge < -0.3 is 5.73 Å². The van der Waals surface area contributed by atoms with E-state index in [1.54, 1.807) is 0 Å². The van der Waals surface area contributed by atoms with E-state index < -0.39 is 0 Å². The Labute approximate surface area is 101 Å². The number of nitrogens with two attached hydrogens (primary N) is 1. The maximum absolute atomic E-state index is 5.91. The molecule has 0 saturated carbocycles. The first-order chi connectivity index (χ1) is 7.60. The zero-order valence-corrected chi connectivity index (χ0v) is 11.4. The van der Waals surface area contributed by atoms with Crippen LogP contribution in [-0.2, 0) is 0 Å². The fraction of sp³-hybridized carbons (Fsp3) is 1.00. The molecule has 16 heavy (non-hydrogen) atoms. The molecule has 1 aliphatic rings. The Kier molecular flexibility index (Phi) is 5.73. The largest absolute Gasteiger partial charge is 0.329 e. The Hall–Kier alpha value is -0.120. The van der Waals surface area contributed by atoms with Crippen molar-refractivity contribution >= 4 is 0 Å². The smallest absolute Gasteiger partial charge is 0.0219 e. The van der Waals surface area contributed by atoms with Gasteiger partial charge in [-0.25, -0.2) is 0 Å². The summed E-state index contributed by atoms with van der Waals surface area (Å²) in [6.45, 7) is 10.0. The molecule has 0 aromatic heterocycles. The van der Waals surface area contributed by atoms with Crippen molar-refractivity contribution in [3.63, 3.8) is 0 Å². The van der Waals surface area contributed by atoms with Gasteiger partial charge in [0.15, 0.2) is 0 Å². The number of rotatable bonds is 5. The molecule has 3 heteroatoms. The summed E-state index contributed by atoms with van der Waals surface area (Å²) in [6.07, 6.45) is 3.84. The highest BCUT2D eigenvalue weighted by Crippen LogP contribution is 2.18. The highest BCUT2D eigenvalue weighted by Gasteiger charge is 2.29. The molecule has 1 saturated heterocycles. The van der Waals surface area contributed by atoms with Crippen LogP contribution < -0.4 is 5.73 Å². The monoisotopic (exact) mass is 227 g/mol. The van der Waals surface area contributed by atoms with E-state index >= 15 is 0 Å². The van der Waals surface area contributed by atoms with Gasteiger partial charge in [-0.2, -0.15) is 0 Å². The van der Waals surface area contributed by atoms with E-state index in [0.717, 1.165) is 6.54 Å². The van der Waals surface area contributed by atoms with Crippen molar-refractivity contribution in [2.75, 3.05) is 26.7 Å². The summed E-state index contributed by atoms with van der Waals surface area (Å²) in [7, 11) is 2.23. The predicted octanol–water partition coefficient (Wildman–Crippen LogP) is 1.53. The average Bonchev–Trinajstić information content (AvgIpc) is 2.26. The maximum atomic E-state index is 5.91. The second-order valence-corrected chi connectivity index (χ2v) is 5.35. The fourth-order valence-corrected chi connectivity index (χ4v) is 2.63. The van der Waals surface area contributed by atoms with Gasteiger partial charge in [-0.1, -0.05) is 19.8 Å². The van der Waals surface area contributed by atoms with Gasteiger partial charge in [0, 0.05) is 37.8 Å². The van der Waals surface area contributed by atoms with E-state index in [2.05, 4.69) is 37.6 Å². The van der Waals surface area contributed by atoms with Crippen LogP contribution in [0.1, 0.15) is 40.0 Å². The first kappa shape index (κ1) is 13.9. The molecule has 96 valence electrons. The quantitative estimate of drug-likeness (QED) is 0.773. The summed E-state index contributed by atoms with van der Waals surface area (Å²) in [5.74, 6) is 0. The van der Waals surface area contributed by atoms with Crippen LogP contribution in [0, 0.1) is 0 Å². The van der Waals surface area contributed by atoms with E-state index in [9.17, 15) is 0 Å². The van der Waals surface area contributed by atoms with Gasteiger partial charge in [0.05, 0.1) is 0 Å². The van der Waals surface area contributed by atoms with E-state index in [1.807, 2.05) is 0 Å². The number of likely N-dealkylation sites (N-methyl/N-ethyl adjacent to an activating group) is 1. The summed E-state index contributed by atoms with van der Waals surface area (Å²) in [5.41, 5.74) is 5.91. The first-order valence-corrected chi connectivity index (χ1v) is 6.76. The highest BCUT2D eigenvalue weighted by molar-refractivity contribution is 4.86. The molecule has 0 amide bonds. The van der Waals surface area contributed by atoms with Crippen LogP contribution in [0.25, 0.3) is 0 Å². The van der Waals surface area contributed by atoms with Crippen LogP contribution in [0.15, 0.2) is 0 Å². The SMILES string of the molecule is CCCCC(CN)N1CC(C)N(C)C(C)C1. The van der Waals surface area contributed by atoms with Crippen LogP contribution >= 0.6 is 0 Å². The van der Waals surface area contributed by atoms with Crippen molar-refractivity contribution in [2.24, 2.45) is 5.73 Å². The molecule has 1 fully saturated rings. The second kappa shape index (κ2) is 6.58. The van der Waals surface area contributed by atoms with Gasteiger partial charge in [0.1, 0.15) is 0 Å². The topological polar surface area (TPSA) is 32.5 Å². The summed E-state index contributed by atoms with van der Waals surface area (Å²) >= 11 is 0.